The van der Waals surface area contributed by atoms with E-state index in [0.29, 0.717) is 51.9 Å². The fourth-order valence-corrected chi connectivity index (χ4v) is 2.37. The van der Waals surface area contributed by atoms with Crippen LogP contribution in [0.2, 0.25) is 0 Å². The molecule has 0 heterocycles. The molecule has 25 heavy (non-hydrogen) atoms. The zero-order valence-corrected chi connectivity index (χ0v) is 15.4. The smallest absolute Gasteiger partial charge is 0.221 e. The summed E-state index contributed by atoms with van der Waals surface area (Å²) in [5.41, 5.74) is 10.7. The zero-order valence-electron chi connectivity index (χ0n) is 15.4. The summed E-state index contributed by atoms with van der Waals surface area (Å²) in [6, 6.07) is -0.0609. The van der Waals surface area contributed by atoms with E-state index in [-0.39, 0.29) is 23.6 Å². The molecular formula is C17H35N5O3. The van der Waals surface area contributed by atoms with Crippen LogP contribution in [0.3, 0.4) is 0 Å². The predicted octanol–water partition coefficient (Wildman–Crippen LogP) is -0.586. The maximum atomic E-state index is 11.9. The van der Waals surface area contributed by atoms with Gasteiger partial charge in [-0.2, -0.15) is 0 Å². The Kier molecular flexibility index (Phi) is 15.0. The molecule has 0 aliphatic heterocycles. The first-order valence-corrected chi connectivity index (χ1v) is 9.16. The fraction of sp³-hybridized carbons (Fsp3) is 0.824. The molecule has 0 bridgehead atoms. The first kappa shape index (κ1) is 23.5. The Bertz CT molecular complexity index is 390. The number of unbranched alkanes of at least 4 members (excludes halogenated alkanes) is 2. The van der Waals surface area contributed by atoms with Crippen molar-refractivity contribution < 1.29 is 14.4 Å². The molecule has 8 heteroatoms. The minimum absolute atomic E-state index is 0.0546. The number of amides is 2. The summed E-state index contributed by atoms with van der Waals surface area (Å²) in [4.78, 5) is 34.5. The van der Waals surface area contributed by atoms with Crippen LogP contribution in [0, 0.1) is 0 Å². The van der Waals surface area contributed by atoms with Crippen molar-refractivity contribution in [1.29, 1.82) is 0 Å². The molecule has 7 N–H and O–H groups in total. The Hall–Kier alpha value is -1.51. The molecule has 0 saturated heterocycles. The van der Waals surface area contributed by atoms with Crippen molar-refractivity contribution >= 4 is 17.6 Å². The molecule has 1 unspecified atom stereocenters. The van der Waals surface area contributed by atoms with E-state index >= 15 is 0 Å². The fourth-order valence-electron chi connectivity index (χ4n) is 2.37. The molecule has 0 radical (unpaired) electrons. The number of rotatable bonds is 16. The molecule has 0 spiro atoms. The van der Waals surface area contributed by atoms with Crippen molar-refractivity contribution in [3.05, 3.63) is 0 Å². The molecule has 0 saturated carbocycles. The van der Waals surface area contributed by atoms with Crippen LogP contribution in [0.5, 0.6) is 0 Å². The minimum Gasteiger partial charge on any atom is -0.355 e. The normalized spacial score (nSPS) is 11.8. The van der Waals surface area contributed by atoms with Crippen LogP contribution in [0.1, 0.15) is 51.9 Å². The maximum Gasteiger partial charge on any atom is 0.221 e. The van der Waals surface area contributed by atoms with Gasteiger partial charge in [0, 0.05) is 51.5 Å². The van der Waals surface area contributed by atoms with Crippen LogP contribution in [-0.2, 0) is 14.4 Å². The molecule has 0 fully saturated rings. The average molecular weight is 357 g/mol. The Morgan fingerprint density at radius 2 is 1.48 bits per heavy atom. The van der Waals surface area contributed by atoms with Gasteiger partial charge in [-0.25, -0.2) is 0 Å². The van der Waals surface area contributed by atoms with E-state index in [1.165, 1.54) is 0 Å². The summed E-state index contributed by atoms with van der Waals surface area (Å²) in [6.45, 7) is 4.09. The highest BCUT2D eigenvalue weighted by atomic mass is 16.2. The summed E-state index contributed by atoms with van der Waals surface area (Å²) in [5.74, 6) is 0.0915. The van der Waals surface area contributed by atoms with Gasteiger partial charge in [-0.05, 0) is 32.7 Å². The Morgan fingerprint density at radius 1 is 0.840 bits per heavy atom. The lowest BCUT2D eigenvalue weighted by Crippen LogP contribution is -2.39. The number of nitrogens with two attached hydrogens (primary N) is 2. The molecule has 0 aliphatic carbocycles. The molecule has 0 aromatic carbocycles. The molecule has 2 amide bonds. The third kappa shape index (κ3) is 15.7. The van der Waals surface area contributed by atoms with E-state index in [2.05, 4.69) is 16.0 Å². The van der Waals surface area contributed by atoms with Gasteiger partial charge in [-0.3, -0.25) is 9.59 Å². The maximum absolute atomic E-state index is 11.9. The second-order valence-corrected chi connectivity index (χ2v) is 6.18. The number of Topliss-reactive ketones (excluding diaryl/α,β-unsaturated/α-hetero) is 1. The van der Waals surface area contributed by atoms with Crippen molar-refractivity contribution in [3.8, 4) is 0 Å². The van der Waals surface area contributed by atoms with Crippen molar-refractivity contribution in [2.75, 3.05) is 32.7 Å². The highest BCUT2D eigenvalue weighted by molar-refractivity contribution is 5.77. The van der Waals surface area contributed by atoms with E-state index < -0.39 is 0 Å². The van der Waals surface area contributed by atoms with Crippen molar-refractivity contribution in [1.82, 2.24) is 16.0 Å². The van der Waals surface area contributed by atoms with E-state index in [1.54, 1.807) is 6.92 Å². The summed E-state index contributed by atoms with van der Waals surface area (Å²) < 4.78 is 0. The summed E-state index contributed by atoms with van der Waals surface area (Å²) in [6.07, 6.45) is 4.67. The third-order valence-corrected chi connectivity index (χ3v) is 3.72. The summed E-state index contributed by atoms with van der Waals surface area (Å²) in [7, 11) is 0. The molecule has 1 atom stereocenters. The topological polar surface area (TPSA) is 139 Å². The van der Waals surface area contributed by atoms with Gasteiger partial charge in [-0.1, -0.05) is 6.42 Å². The average Bonchev–Trinajstić information content (AvgIpc) is 2.58. The molecular weight excluding hydrogens is 322 g/mol. The number of nitrogens with one attached hydrogen (secondary N) is 3. The Balaban J connectivity index is 4.16. The number of hydrogen-bond donors (Lipinski definition) is 5. The van der Waals surface area contributed by atoms with Crippen LogP contribution < -0.4 is 27.4 Å². The number of ketones is 1. The molecule has 0 aromatic rings. The second-order valence-electron chi connectivity index (χ2n) is 6.18. The SMILES string of the molecule is CC(=O)CCCCCNC(CCC(=O)NCCN)CC(=O)NCCN. The molecule has 8 nitrogen and oxygen atoms in total. The first-order chi connectivity index (χ1) is 12.0. The third-order valence-electron chi connectivity index (χ3n) is 3.72. The zero-order chi connectivity index (χ0) is 18.9. The molecule has 146 valence electrons. The van der Waals surface area contributed by atoms with Crippen LogP contribution >= 0.6 is 0 Å². The Morgan fingerprint density at radius 3 is 2.08 bits per heavy atom. The predicted molar refractivity (Wildman–Crippen MR) is 98.9 cm³/mol. The lowest BCUT2D eigenvalue weighted by Gasteiger charge is -2.18. The van der Waals surface area contributed by atoms with Crippen LogP contribution in [0.4, 0.5) is 0 Å². The van der Waals surface area contributed by atoms with Gasteiger partial charge in [-0.15, -0.1) is 0 Å². The van der Waals surface area contributed by atoms with E-state index in [1.807, 2.05) is 0 Å². The van der Waals surface area contributed by atoms with Crippen LogP contribution in [0.25, 0.3) is 0 Å². The van der Waals surface area contributed by atoms with Crippen LogP contribution in [0.15, 0.2) is 0 Å². The van der Waals surface area contributed by atoms with Gasteiger partial charge < -0.3 is 32.2 Å². The summed E-state index contributed by atoms with van der Waals surface area (Å²) >= 11 is 0. The lowest BCUT2D eigenvalue weighted by atomic mass is 10.1. The van der Waals surface area contributed by atoms with Crippen LogP contribution in [-0.4, -0.2) is 56.4 Å². The van der Waals surface area contributed by atoms with Gasteiger partial charge in [0.2, 0.25) is 11.8 Å². The monoisotopic (exact) mass is 357 g/mol. The standard InChI is InChI=1S/C17H35N5O3/c1-14(23)5-3-2-4-10-20-15(13-17(25)22-12-9-19)6-7-16(24)21-11-8-18/h15,20H,2-13,18-19H2,1H3,(H,21,24)(H,22,25). The first-order valence-electron chi connectivity index (χ1n) is 9.16. The molecule has 0 aromatic heterocycles. The highest BCUT2D eigenvalue weighted by Crippen LogP contribution is 2.05. The molecule has 0 rings (SSSR count). The largest absolute Gasteiger partial charge is 0.355 e. The van der Waals surface area contributed by atoms with Gasteiger partial charge in [0.15, 0.2) is 0 Å². The lowest BCUT2D eigenvalue weighted by molar-refractivity contribution is -0.123. The number of carbonyl (C=O) groups excluding carboxylic acids is 3. The van der Waals surface area contributed by atoms with Gasteiger partial charge in [0.05, 0.1) is 0 Å². The van der Waals surface area contributed by atoms with Gasteiger partial charge in [0.25, 0.3) is 0 Å². The van der Waals surface area contributed by atoms with Crippen molar-refractivity contribution in [3.63, 3.8) is 0 Å². The minimum atomic E-state index is -0.0677. The number of hydrogen-bond acceptors (Lipinski definition) is 6. The number of carbonyl (C=O) groups is 3. The second kappa shape index (κ2) is 16.0. The van der Waals surface area contributed by atoms with E-state index in [9.17, 15) is 14.4 Å². The van der Waals surface area contributed by atoms with Gasteiger partial charge >= 0.3 is 0 Å². The van der Waals surface area contributed by atoms with Gasteiger partial charge in [0.1, 0.15) is 5.78 Å². The van der Waals surface area contributed by atoms with E-state index in [4.69, 9.17) is 11.5 Å². The van der Waals surface area contributed by atoms with E-state index in [0.717, 1.165) is 25.8 Å². The summed E-state index contributed by atoms with van der Waals surface area (Å²) in [5, 5.41) is 8.82. The molecule has 0 aliphatic rings. The highest BCUT2D eigenvalue weighted by Gasteiger charge is 2.14. The van der Waals surface area contributed by atoms with Crippen molar-refractivity contribution in [2.24, 2.45) is 11.5 Å². The van der Waals surface area contributed by atoms with Crippen molar-refractivity contribution in [2.45, 2.75) is 57.9 Å². The Labute approximate surface area is 150 Å². The quantitative estimate of drug-likeness (QED) is 0.234.